The number of nitrogen functional groups attached to an aromatic ring is 2. The summed E-state index contributed by atoms with van der Waals surface area (Å²) in [5.41, 5.74) is 6.37. The number of imidazole rings is 1. The molecule has 6 heteroatoms. The second-order valence-electron chi connectivity index (χ2n) is 5.41. The molecule has 0 aliphatic carbocycles. The molecule has 0 aliphatic heterocycles. The Labute approximate surface area is 119 Å². The van der Waals surface area contributed by atoms with Gasteiger partial charge in [-0.3, -0.25) is 0 Å². The molecule has 1 aromatic heterocycles. The number of hydrogen-bond acceptors (Lipinski definition) is 3. The summed E-state index contributed by atoms with van der Waals surface area (Å²) < 4.78 is 16.0. The lowest BCUT2D eigenvalue weighted by Gasteiger charge is -2.17. The van der Waals surface area contributed by atoms with Crippen LogP contribution in [-0.2, 0) is 5.41 Å². The van der Waals surface area contributed by atoms with Gasteiger partial charge in [0.1, 0.15) is 17.3 Å². The van der Waals surface area contributed by atoms with Gasteiger partial charge in [0.05, 0.1) is 0 Å². The van der Waals surface area contributed by atoms with E-state index in [1.54, 1.807) is 12.1 Å². The number of rotatable bonds is 1. The van der Waals surface area contributed by atoms with E-state index in [1.165, 1.54) is 10.7 Å². The van der Waals surface area contributed by atoms with Crippen LogP contribution in [0.5, 0.6) is 0 Å². The number of hydrogen-bond donors (Lipinski definition) is 2. The summed E-state index contributed by atoms with van der Waals surface area (Å²) in [5, 5.41) is 0. The minimum absolute atomic E-state index is 0.252. The maximum Gasteiger partial charge on any atom is 0.150 e. The Balaban J connectivity index is 2.67. The highest BCUT2D eigenvalue weighted by atomic mass is 79.9. The van der Waals surface area contributed by atoms with E-state index in [9.17, 15) is 4.39 Å². The van der Waals surface area contributed by atoms with E-state index in [0.717, 1.165) is 4.47 Å². The predicted octanol–water partition coefficient (Wildman–Crippen LogP) is 3.05. The van der Waals surface area contributed by atoms with Crippen LogP contribution >= 0.6 is 15.9 Å². The fourth-order valence-corrected chi connectivity index (χ4v) is 2.21. The molecule has 4 nitrogen and oxygen atoms in total. The third-order valence-corrected chi connectivity index (χ3v) is 3.30. The molecular formula is C13H16BrFN4. The molecule has 0 amide bonds. The summed E-state index contributed by atoms with van der Waals surface area (Å²) >= 11 is 3.31. The molecule has 19 heavy (non-hydrogen) atoms. The van der Waals surface area contributed by atoms with Gasteiger partial charge in [-0.05, 0) is 18.2 Å². The molecule has 0 saturated heterocycles. The van der Waals surface area contributed by atoms with Gasteiger partial charge in [0.25, 0.3) is 0 Å². The van der Waals surface area contributed by atoms with E-state index in [4.69, 9.17) is 11.6 Å². The number of halogens is 2. The lowest BCUT2D eigenvalue weighted by Crippen LogP contribution is -2.24. The monoisotopic (exact) mass is 326 g/mol. The number of aromatic nitrogens is 2. The second kappa shape index (κ2) is 4.52. The van der Waals surface area contributed by atoms with Crippen molar-refractivity contribution in [3.8, 4) is 11.3 Å². The molecule has 0 saturated carbocycles. The third-order valence-electron chi connectivity index (χ3n) is 2.80. The van der Waals surface area contributed by atoms with E-state index in [1.807, 2.05) is 20.8 Å². The topological polar surface area (TPSA) is 69.9 Å². The van der Waals surface area contributed by atoms with Crippen LogP contribution < -0.4 is 11.6 Å². The Morgan fingerprint density at radius 1 is 1.32 bits per heavy atom. The zero-order chi connectivity index (χ0) is 14.4. The minimum Gasteiger partial charge on any atom is -0.382 e. The first-order valence-corrected chi connectivity index (χ1v) is 6.60. The first-order valence-electron chi connectivity index (χ1n) is 5.81. The van der Waals surface area contributed by atoms with Gasteiger partial charge in [0, 0.05) is 15.5 Å². The number of anilines is 1. The molecule has 0 bridgehead atoms. The molecule has 0 fully saturated rings. The molecule has 1 aromatic carbocycles. The van der Waals surface area contributed by atoms with Crippen molar-refractivity contribution < 1.29 is 4.39 Å². The van der Waals surface area contributed by atoms with Gasteiger partial charge in [-0.15, -0.1) is 0 Å². The van der Waals surface area contributed by atoms with Gasteiger partial charge in [-0.2, -0.15) is 0 Å². The van der Waals surface area contributed by atoms with Crippen molar-refractivity contribution in [2.45, 2.75) is 26.2 Å². The van der Waals surface area contributed by atoms with Crippen LogP contribution in [0.25, 0.3) is 11.3 Å². The smallest absolute Gasteiger partial charge is 0.150 e. The largest absolute Gasteiger partial charge is 0.382 e. The highest BCUT2D eigenvalue weighted by molar-refractivity contribution is 9.10. The van der Waals surface area contributed by atoms with Crippen LogP contribution in [0.2, 0.25) is 0 Å². The summed E-state index contributed by atoms with van der Waals surface area (Å²) in [7, 11) is 0. The van der Waals surface area contributed by atoms with E-state index < -0.39 is 0 Å². The first-order chi connectivity index (χ1) is 8.71. The van der Waals surface area contributed by atoms with Gasteiger partial charge in [-0.1, -0.05) is 36.7 Å². The van der Waals surface area contributed by atoms with E-state index >= 15 is 0 Å². The predicted molar refractivity (Wildman–Crippen MR) is 78.6 cm³/mol. The molecule has 0 aliphatic rings. The maximum atomic E-state index is 13.9. The second-order valence-corrected chi connectivity index (χ2v) is 6.33. The van der Waals surface area contributed by atoms with Crippen molar-refractivity contribution >= 4 is 21.7 Å². The maximum absolute atomic E-state index is 13.9. The van der Waals surface area contributed by atoms with Crippen LogP contribution in [0.15, 0.2) is 22.7 Å². The van der Waals surface area contributed by atoms with Crippen molar-refractivity contribution in [1.29, 1.82) is 0 Å². The summed E-state index contributed by atoms with van der Waals surface area (Å²) in [5.74, 6) is 6.39. The third kappa shape index (κ3) is 2.45. The van der Waals surface area contributed by atoms with E-state index in [-0.39, 0.29) is 17.1 Å². The number of nitrogens with zero attached hydrogens (tertiary/aromatic N) is 2. The summed E-state index contributed by atoms with van der Waals surface area (Å²) in [6, 6.07) is 4.63. The summed E-state index contributed by atoms with van der Waals surface area (Å²) in [4.78, 5) is 4.40. The van der Waals surface area contributed by atoms with Crippen LogP contribution in [0, 0.1) is 5.82 Å². The summed E-state index contributed by atoms with van der Waals surface area (Å²) in [6.45, 7) is 5.91. The van der Waals surface area contributed by atoms with Crippen molar-refractivity contribution in [2.24, 2.45) is 0 Å². The summed E-state index contributed by atoms with van der Waals surface area (Å²) in [6.07, 6.45) is 0. The van der Waals surface area contributed by atoms with Crippen LogP contribution in [0.4, 0.5) is 10.2 Å². The van der Waals surface area contributed by atoms with Crippen molar-refractivity contribution in [3.63, 3.8) is 0 Å². The van der Waals surface area contributed by atoms with Gasteiger partial charge >= 0.3 is 0 Å². The quantitative estimate of drug-likeness (QED) is 0.791. The molecule has 0 radical (unpaired) electrons. The van der Waals surface area contributed by atoms with Crippen LogP contribution in [0.3, 0.4) is 0 Å². The fourth-order valence-electron chi connectivity index (χ4n) is 1.85. The minimum atomic E-state index is -0.381. The molecule has 2 aromatic rings. The Morgan fingerprint density at radius 3 is 2.47 bits per heavy atom. The molecule has 0 spiro atoms. The average Bonchev–Trinajstić information content (AvgIpc) is 2.59. The van der Waals surface area contributed by atoms with Crippen molar-refractivity contribution in [2.75, 3.05) is 11.6 Å². The van der Waals surface area contributed by atoms with E-state index in [0.29, 0.717) is 17.1 Å². The number of benzene rings is 1. The normalized spacial score (nSPS) is 11.8. The zero-order valence-electron chi connectivity index (χ0n) is 11.0. The molecule has 0 unspecified atom stereocenters. The standard InChI is InChI=1S/C13H16BrFN4/c1-13(2,3)12-18-10(11(16)19(12)17)8-6-7(14)4-5-9(8)15/h4-6H,16-17H2,1-3H3. The lowest BCUT2D eigenvalue weighted by atomic mass is 9.96. The van der Waals surface area contributed by atoms with E-state index in [2.05, 4.69) is 20.9 Å². The first kappa shape index (κ1) is 13.9. The van der Waals surface area contributed by atoms with Crippen molar-refractivity contribution in [1.82, 2.24) is 9.66 Å². The number of nitrogens with two attached hydrogens (primary N) is 2. The van der Waals surface area contributed by atoms with Crippen LogP contribution in [0.1, 0.15) is 26.6 Å². The Hall–Kier alpha value is -1.56. The highest BCUT2D eigenvalue weighted by Gasteiger charge is 2.25. The lowest BCUT2D eigenvalue weighted by molar-refractivity contribution is 0.532. The van der Waals surface area contributed by atoms with Gasteiger partial charge in [-0.25, -0.2) is 14.1 Å². The Bertz CT molecular complexity index is 628. The molecular weight excluding hydrogens is 311 g/mol. The van der Waals surface area contributed by atoms with Crippen molar-refractivity contribution in [3.05, 3.63) is 34.3 Å². The molecule has 1 heterocycles. The Morgan fingerprint density at radius 2 is 1.95 bits per heavy atom. The average molecular weight is 327 g/mol. The molecule has 2 rings (SSSR count). The Kier molecular flexibility index (Phi) is 3.30. The highest BCUT2D eigenvalue weighted by Crippen LogP contribution is 2.32. The zero-order valence-corrected chi connectivity index (χ0v) is 12.6. The fraction of sp³-hybridized carbons (Fsp3) is 0.308. The molecule has 4 N–H and O–H groups in total. The van der Waals surface area contributed by atoms with Gasteiger partial charge < -0.3 is 11.6 Å². The van der Waals surface area contributed by atoms with Gasteiger partial charge in [0.15, 0.2) is 5.82 Å². The molecule has 102 valence electrons. The van der Waals surface area contributed by atoms with Gasteiger partial charge in [0.2, 0.25) is 0 Å². The molecule has 0 atom stereocenters. The SMILES string of the molecule is CC(C)(C)c1nc(-c2cc(Br)ccc2F)c(N)n1N. The van der Waals surface area contributed by atoms with Crippen LogP contribution in [-0.4, -0.2) is 9.66 Å².